The molecule has 1 atom stereocenters. The summed E-state index contributed by atoms with van der Waals surface area (Å²) in [7, 11) is 0. The number of nitrogens with zero attached hydrogens (tertiary/aromatic N) is 3. The zero-order valence-electron chi connectivity index (χ0n) is 16.0. The van der Waals surface area contributed by atoms with E-state index < -0.39 is 0 Å². The van der Waals surface area contributed by atoms with Crippen molar-refractivity contribution in [3.63, 3.8) is 0 Å². The predicted octanol–water partition coefficient (Wildman–Crippen LogP) is 5.31. The second-order valence-electron chi connectivity index (χ2n) is 6.81. The first-order valence-corrected chi connectivity index (χ1v) is 11.0. The number of nitrogens with one attached hydrogen (secondary N) is 1. The fraction of sp³-hybridized carbons (Fsp3) is 0.136. The fourth-order valence-corrected chi connectivity index (χ4v) is 5.04. The zero-order valence-corrected chi connectivity index (χ0v) is 17.6. The second-order valence-corrected chi connectivity index (χ2v) is 9.19. The molecule has 5 rings (SSSR count). The standard InChI is InChI=1S/C22H17FN4OS2/c1-13-6-11-19(29-13)18-12-28-27-21(24-18)20-16-4-2-3-5-17(16)25-26-22(20)30-15-9-7-14(23)8-10-15/h2-11,18H,12H2,1H3,(H,24,27)/t18-/m1/s1. The lowest BCUT2D eigenvalue weighted by molar-refractivity contribution is 0.0628. The van der Waals surface area contributed by atoms with Crippen molar-refractivity contribution < 1.29 is 9.23 Å². The van der Waals surface area contributed by atoms with Crippen molar-refractivity contribution in [3.05, 3.63) is 81.8 Å². The molecule has 0 amide bonds. The normalized spacial score (nSPS) is 16.3. The highest BCUT2D eigenvalue weighted by molar-refractivity contribution is 7.99. The van der Waals surface area contributed by atoms with Crippen molar-refractivity contribution in [2.24, 2.45) is 4.99 Å². The topological polar surface area (TPSA) is 59.4 Å². The summed E-state index contributed by atoms with van der Waals surface area (Å²) in [6, 6.07) is 18.2. The van der Waals surface area contributed by atoms with Gasteiger partial charge in [-0.25, -0.2) is 9.87 Å². The fourth-order valence-electron chi connectivity index (χ4n) is 3.25. The van der Waals surface area contributed by atoms with E-state index >= 15 is 0 Å². The molecule has 0 radical (unpaired) electrons. The molecule has 0 spiro atoms. The number of benzene rings is 2. The van der Waals surface area contributed by atoms with Gasteiger partial charge in [-0.1, -0.05) is 30.0 Å². The first kappa shape index (κ1) is 19.2. The van der Waals surface area contributed by atoms with Crippen molar-refractivity contribution in [2.75, 3.05) is 6.61 Å². The molecule has 0 saturated heterocycles. The predicted molar refractivity (Wildman–Crippen MR) is 117 cm³/mol. The molecular formula is C22H17FN4OS2. The number of fused-ring (bicyclic) bond motifs is 1. The minimum atomic E-state index is -0.273. The van der Waals surface area contributed by atoms with Gasteiger partial charge in [0.05, 0.1) is 11.1 Å². The van der Waals surface area contributed by atoms with Crippen molar-refractivity contribution in [1.82, 2.24) is 15.7 Å². The van der Waals surface area contributed by atoms with E-state index in [0.29, 0.717) is 17.5 Å². The summed E-state index contributed by atoms with van der Waals surface area (Å²) >= 11 is 3.14. The van der Waals surface area contributed by atoms with Gasteiger partial charge in [0.25, 0.3) is 0 Å². The van der Waals surface area contributed by atoms with Gasteiger partial charge in [0.2, 0.25) is 0 Å². The van der Waals surface area contributed by atoms with Crippen LogP contribution in [0.2, 0.25) is 0 Å². The molecule has 2 aromatic heterocycles. The molecular weight excluding hydrogens is 419 g/mol. The molecule has 1 N–H and O–H groups in total. The molecule has 4 aromatic rings. The van der Waals surface area contributed by atoms with Crippen molar-refractivity contribution in [2.45, 2.75) is 22.9 Å². The number of aliphatic imine (C=N–C) groups is 1. The molecule has 0 bridgehead atoms. The van der Waals surface area contributed by atoms with Crippen LogP contribution in [-0.4, -0.2) is 22.6 Å². The number of rotatable bonds is 4. The first-order valence-electron chi connectivity index (χ1n) is 9.38. The maximum atomic E-state index is 13.3. The van der Waals surface area contributed by atoms with Crippen LogP contribution < -0.4 is 5.48 Å². The van der Waals surface area contributed by atoms with Gasteiger partial charge < -0.3 is 0 Å². The highest BCUT2D eigenvalue weighted by atomic mass is 32.2. The number of aryl methyl sites for hydroxylation is 1. The Kier molecular flexibility index (Phi) is 5.20. The number of hydrogen-bond acceptors (Lipinski definition) is 7. The van der Waals surface area contributed by atoms with Gasteiger partial charge in [0, 0.05) is 20.0 Å². The molecule has 0 saturated carbocycles. The summed E-state index contributed by atoms with van der Waals surface area (Å²) in [6.45, 7) is 2.54. The third-order valence-corrected chi connectivity index (χ3v) is 6.77. The molecule has 2 aromatic carbocycles. The summed E-state index contributed by atoms with van der Waals surface area (Å²) in [6.07, 6.45) is 0. The molecule has 5 nitrogen and oxygen atoms in total. The first-order chi connectivity index (χ1) is 14.7. The minimum Gasteiger partial charge on any atom is -0.272 e. The highest BCUT2D eigenvalue weighted by Gasteiger charge is 2.24. The summed E-state index contributed by atoms with van der Waals surface area (Å²) in [5.41, 5.74) is 4.58. The lowest BCUT2D eigenvalue weighted by Crippen LogP contribution is -2.33. The maximum Gasteiger partial charge on any atom is 0.156 e. The smallest absolute Gasteiger partial charge is 0.156 e. The van der Waals surface area contributed by atoms with E-state index in [4.69, 9.17) is 9.83 Å². The summed E-state index contributed by atoms with van der Waals surface area (Å²) in [5, 5.41) is 10.4. The Morgan fingerprint density at radius 3 is 2.70 bits per heavy atom. The zero-order chi connectivity index (χ0) is 20.5. The van der Waals surface area contributed by atoms with Gasteiger partial charge in [-0.15, -0.1) is 21.5 Å². The number of hydroxylamine groups is 1. The van der Waals surface area contributed by atoms with E-state index in [1.165, 1.54) is 28.8 Å². The molecule has 1 aliphatic rings. The number of aromatic nitrogens is 2. The molecule has 150 valence electrons. The van der Waals surface area contributed by atoms with Crippen LogP contribution >= 0.6 is 23.1 Å². The number of thiophene rings is 1. The third kappa shape index (κ3) is 3.81. The summed E-state index contributed by atoms with van der Waals surface area (Å²) in [4.78, 5) is 13.9. The highest BCUT2D eigenvalue weighted by Crippen LogP contribution is 2.34. The van der Waals surface area contributed by atoms with Gasteiger partial charge in [-0.2, -0.15) is 0 Å². The summed E-state index contributed by atoms with van der Waals surface area (Å²) in [5.74, 6) is 0.345. The lowest BCUT2D eigenvalue weighted by Gasteiger charge is -2.22. The molecule has 8 heteroatoms. The maximum absolute atomic E-state index is 13.3. The second kappa shape index (κ2) is 8.14. The Hall–Kier alpha value is -2.81. The molecule has 0 aliphatic carbocycles. The van der Waals surface area contributed by atoms with Gasteiger partial charge in [-0.05, 0) is 49.4 Å². The molecule has 30 heavy (non-hydrogen) atoms. The monoisotopic (exact) mass is 436 g/mol. The van der Waals surface area contributed by atoms with Crippen LogP contribution in [0.3, 0.4) is 0 Å². The van der Waals surface area contributed by atoms with Crippen molar-refractivity contribution in [1.29, 1.82) is 0 Å². The van der Waals surface area contributed by atoms with Crippen LogP contribution in [0.25, 0.3) is 10.9 Å². The van der Waals surface area contributed by atoms with E-state index in [2.05, 4.69) is 34.7 Å². The number of amidine groups is 1. The Morgan fingerprint density at radius 1 is 1.07 bits per heavy atom. The van der Waals surface area contributed by atoms with Gasteiger partial charge in [0.1, 0.15) is 23.5 Å². The van der Waals surface area contributed by atoms with Crippen molar-refractivity contribution >= 4 is 39.8 Å². The van der Waals surface area contributed by atoms with Gasteiger partial charge in [0.15, 0.2) is 5.84 Å². The average molecular weight is 437 g/mol. The number of hydrogen-bond donors (Lipinski definition) is 1. The third-order valence-electron chi connectivity index (χ3n) is 4.69. The van der Waals surface area contributed by atoms with E-state index in [1.54, 1.807) is 23.5 Å². The van der Waals surface area contributed by atoms with E-state index in [1.807, 2.05) is 24.3 Å². The van der Waals surface area contributed by atoms with E-state index in [-0.39, 0.29) is 11.9 Å². The Labute approximate surface area is 181 Å². The van der Waals surface area contributed by atoms with E-state index in [9.17, 15) is 4.39 Å². The SMILES string of the molecule is Cc1ccc([C@H]2CONC(c3c(Sc4ccc(F)cc4)nnc4ccccc34)=N2)s1. The van der Waals surface area contributed by atoms with Crippen LogP contribution in [0, 0.1) is 12.7 Å². The molecule has 0 fully saturated rings. The van der Waals surface area contributed by atoms with Crippen LogP contribution in [0.15, 0.2) is 75.6 Å². The molecule has 1 aliphatic heterocycles. The Morgan fingerprint density at radius 2 is 1.90 bits per heavy atom. The van der Waals surface area contributed by atoms with Gasteiger partial charge >= 0.3 is 0 Å². The van der Waals surface area contributed by atoms with E-state index in [0.717, 1.165) is 26.2 Å². The Bertz CT molecular complexity index is 1240. The van der Waals surface area contributed by atoms with Crippen LogP contribution in [0.1, 0.15) is 21.4 Å². The van der Waals surface area contributed by atoms with Crippen LogP contribution in [0.4, 0.5) is 4.39 Å². The molecule has 0 unspecified atom stereocenters. The Balaban J connectivity index is 1.62. The average Bonchev–Trinajstić information content (AvgIpc) is 3.22. The largest absolute Gasteiger partial charge is 0.272 e. The lowest BCUT2D eigenvalue weighted by atomic mass is 10.1. The van der Waals surface area contributed by atoms with Crippen LogP contribution in [-0.2, 0) is 4.84 Å². The quantitative estimate of drug-likeness (QED) is 0.470. The molecule has 3 heterocycles. The minimum absolute atomic E-state index is 0.0875. The summed E-state index contributed by atoms with van der Waals surface area (Å²) < 4.78 is 13.3. The van der Waals surface area contributed by atoms with Crippen molar-refractivity contribution in [3.8, 4) is 0 Å². The number of halogens is 1. The van der Waals surface area contributed by atoms with Gasteiger partial charge in [-0.3, -0.25) is 9.83 Å². The van der Waals surface area contributed by atoms with Crippen LogP contribution in [0.5, 0.6) is 0 Å².